The van der Waals surface area contributed by atoms with Crippen molar-refractivity contribution >= 4 is 39.0 Å². The fraction of sp³-hybridized carbons (Fsp3) is 0.667. The van der Waals surface area contributed by atoms with Gasteiger partial charge in [-0.2, -0.15) is 0 Å². The summed E-state index contributed by atoms with van der Waals surface area (Å²) in [6.07, 6.45) is 7.04. The molecule has 80 valence electrons. The van der Waals surface area contributed by atoms with Gasteiger partial charge in [0.15, 0.2) is 0 Å². The molecule has 0 saturated carbocycles. The lowest BCUT2D eigenvalue weighted by atomic mass is 10.1. The van der Waals surface area contributed by atoms with E-state index in [0.717, 1.165) is 11.7 Å². The van der Waals surface area contributed by atoms with Gasteiger partial charge < -0.3 is 10.5 Å². The molecule has 0 aliphatic carbocycles. The van der Waals surface area contributed by atoms with Gasteiger partial charge in [0.2, 0.25) is 0 Å². The molecule has 14 heavy (non-hydrogen) atoms. The third-order valence-corrected chi connectivity index (χ3v) is 4.45. The summed E-state index contributed by atoms with van der Waals surface area (Å²) in [5, 5.41) is 3.05. The van der Waals surface area contributed by atoms with Crippen molar-refractivity contribution in [3.63, 3.8) is 0 Å². The zero-order valence-electron chi connectivity index (χ0n) is 7.98. The van der Waals surface area contributed by atoms with Gasteiger partial charge in [-0.25, -0.2) is 0 Å². The molecule has 0 bridgehead atoms. The highest BCUT2D eigenvalue weighted by atomic mass is 33.1. The summed E-state index contributed by atoms with van der Waals surface area (Å²) in [4.78, 5) is 0. The van der Waals surface area contributed by atoms with E-state index in [1.807, 2.05) is 21.6 Å². The van der Waals surface area contributed by atoms with E-state index in [2.05, 4.69) is 23.7 Å². The standard InChI is InChI=1S/C9H15NOS3/c10-9(12)11-6-3-1-2-4-8-5-7-13-14-8/h5,7-8H,1-4,6H2,(H2,10,12)/t8-/m0/s1. The van der Waals surface area contributed by atoms with Crippen molar-refractivity contribution in [2.45, 2.75) is 30.9 Å². The first-order chi connectivity index (χ1) is 6.79. The summed E-state index contributed by atoms with van der Waals surface area (Å²) in [6, 6.07) is 0. The van der Waals surface area contributed by atoms with Gasteiger partial charge in [-0.1, -0.05) is 40.5 Å². The van der Waals surface area contributed by atoms with Gasteiger partial charge in [-0.3, -0.25) is 0 Å². The maximum absolute atomic E-state index is 5.20. The topological polar surface area (TPSA) is 35.2 Å². The summed E-state index contributed by atoms with van der Waals surface area (Å²) in [6.45, 7) is 0.664. The van der Waals surface area contributed by atoms with Crippen molar-refractivity contribution in [2.75, 3.05) is 6.61 Å². The van der Waals surface area contributed by atoms with Crippen LogP contribution in [0.3, 0.4) is 0 Å². The SMILES string of the molecule is NC(=S)OCCCCC[C@H]1C=CSS1. The van der Waals surface area contributed by atoms with E-state index in [1.165, 1.54) is 19.3 Å². The van der Waals surface area contributed by atoms with Crippen molar-refractivity contribution in [1.29, 1.82) is 0 Å². The van der Waals surface area contributed by atoms with Crippen LogP contribution in [0.15, 0.2) is 11.5 Å². The van der Waals surface area contributed by atoms with Crippen LogP contribution >= 0.6 is 33.8 Å². The van der Waals surface area contributed by atoms with E-state index in [0.29, 0.717) is 6.61 Å². The second kappa shape index (κ2) is 7.43. The van der Waals surface area contributed by atoms with Crippen LogP contribution in [0.5, 0.6) is 0 Å². The molecule has 0 amide bonds. The third-order valence-electron chi connectivity index (χ3n) is 1.91. The average molecular weight is 249 g/mol. The molecule has 2 N–H and O–H groups in total. The number of hydrogen-bond donors (Lipinski definition) is 1. The molecule has 1 heterocycles. The quantitative estimate of drug-likeness (QED) is 0.444. The first-order valence-corrected chi connectivity index (χ1v) is 7.38. The third kappa shape index (κ3) is 5.78. The second-order valence-electron chi connectivity index (χ2n) is 3.08. The molecule has 0 saturated heterocycles. The van der Waals surface area contributed by atoms with Crippen LogP contribution in [0.1, 0.15) is 25.7 Å². The Morgan fingerprint density at radius 1 is 1.43 bits per heavy atom. The predicted octanol–water partition coefficient (Wildman–Crippen LogP) is 3.08. The van der Waals surface area contributed by atoms with Gasteiger partial charge in [0.1, 0.15) is 0 Å². The Balaban J connectivity index is 1.84. The van der Waals surface area contributed by atoms with Gasteiger partial charge in [0, 0.05) is 5.25 Å². The molecule has 1 rings (SSSR count). The number of hydrogen-bond acceptors (Lipinski definition) is 4. The van der Waals surface area contributed by atoms with Crippen molar-refractivity contribution in [2.24, 2.45) is 5.73 Å². The van der Waals surface area contributed by atoms with Crippen molar-refractivity contribution in [1.82, 2.24) is 0 Å². The lowest BCUT2D eigenvalue weighted by molar-refractivity contribution is 0.296. The monoisotopic (exact) mass is 249 g/mol. The van der Waals surface area contributed by atoms with E-state index in [-0.39, 0.29) is 5.17 Å². The Morgan fingerprint density at radius 2 is 2.29 bits per heavy atom. The molecule has 5 heteroatoms. The Hall–Kier alpha value is 0.130. The maximum atomic E-state index is 5.20. The molecule has 0 aromatic carbocycles. The minimum Gasteiger partial charge on any atom is -0.471 e. The van der Waals surface area contributed by atoms with Gasteiger partial charge in [0.05, 0.1) is 6.61 Å². The van der Waals surface area contributed by atoms with Gasteiger partial charge in [-0.05, 0) is 30.5 Å². The molecule has 0 unspecified atom stereocenters. The van der Waals surface area contributed by atoms with Crippen LogP contribution < -0.4 is 5.73 Å². The normalized spacial score (nSPS) is 19.9. The first-order valence-electron chi connectivity index (χ1n) is 4.70. The van der Waals surface area contributed by atoms with Crippen LogP contribution in [-0.2, 0) is 4.74 Å². The minimum absolute atomic E-state index is 0.163. The number of unbranched alkanes of at least 4 members (excludes halogenated alkanes) is 2. The molecule has 1 aliphatic rings. The van der Waals surface area contributed by atoms with Gasteiger partial charge >= 0.3 is 0 Å². The minimum atomic E-state index is 0.163. The average Bonchev–Trinajstić information content (AvgIpc) is 2.63. The summed E-state index contributed by atoms with van der Waals surface area (Å²) in [5.74, 6) is 0. The van der Waals surface area contributed by atoms with E-state index in [1.54, 1.807) is 0 Å². The number of rotatable bonds is 6. The van der Waals surface area contributed by atoms with E-state index >= 15 is 0 Å². The number of ether oxygens (including phenoxy) is 1. The van der Waals surface area contributed by atoms with Crippen LogP contribution in [0.2, 0.25) is 0 Å². The van der Waals surface area contributed by atoms with Crippen LogP contribution in [0, 0.1) is 0 Å². The van der Waals surface area contributed by atoms with Crippen molar-refractivity contribution < 1.29 is 4.74 Å². The maximum Gasteiger partial charge on any atom is 0.253 e. The highest BCUT2D eigenvalue weighted by Crippen LogP contribution is 2.37. The second-order valence-corrected chi connectivity index (χ2v) is 5.90. The molecule has 1 aliphatic heterocycles. The Labute approximate surface area is 98.4 Å². The summed E-state index contributed by atoms with van der Waals surface area (Å²) in [7, 11) is 3.78. The zero-order valence-corrected chi connectivity index (χ0v) is 10.4. The summed E-state index contributed by atoms with van der Waals surface area (Å²) >= 11 is 4.60. The van der Waals surface area contributed by atoms with Crippen molar-refractivity contribution in [3.05, 3.63) is 11.5 Å². The van der Waals surface area contributed by atoms with Crippen LogP contribution in [0.25, 0.3) is 0 Å². The van der Waals surface area contributed by atoms with E-state index in [4.69, 9.17) is 10.5 Å². The Morgan fingerprint density at radius 3 is 2.93 bits per heavy atom. The van der Waals surface area contributed by atoms with E-state index in [9.17, 15) is 0 Å². The Kier molecular flexibility index (Phi) is 6.47. The molecule has 0 aromatic rings. The molecular formula is C9H15NOS3. The zero-order chi connectivity index (χ0) is 10.2. The highest BCUT2D eigenvalue weighted by Gasteiger charge is 2.09. The van der Waals surface area contributed by atoms with Gasteiger partial charge in [-0.15, -0.1) is 0 Å². The summed E-state index contributed by atoms with van der Waals surface area (Å²) in [5.41, 5.74) is 5.20. The fourth-order valence-corrected chi connectivity index (χ4v) is 3.54. The Bertz CT molecular complexity index is 208. The van der Waals surface area contributed by atoms with Gasteiger partial charge in [0.25, 0.3) is 5.17 Å². The highest BCUT2D eigenvalue weighted by molar-refractivity contribution is 8.78. The molecule has 0 spiro atoms. The number of thiocarbonyl (C=S) groups is 1. The largest absolute Gasteiger partial charge is 0.471 e. The van der Waals surface area contributed by atoms with E-state index < -0.39 is 0 Å². The molecule has 0 fully saturated rings. The lowest BCUT2D eigenvalue weighted by Crippen LogP contribution is -2.13. The molecule has 1 atom stereocenters. The number of nitrogens with two attached hydrogens (primary N) is 1. The van der Waals surface area contributed by atoms with Crippen LogP contribution in [-0.4, -0.2) is 17.0 Å². The molecule has 0 aromatic heterocycles. The molecular weight excluding hydrogens is 234 g/mol. The summed E-state index contributed by atoms with van der Waals surface area (Å²) < 4.78 is 5.00. The molecule has 0 radical (unpaired) electrons. The smallest absolute Gasteiger partial charge is 0.253 e. The lowest BCUT2D eigenvalue weighted by Gasteiger charge is -2.06. The van der Waals surface area contributed by atoms with Crippen LogP contribution in [0.4, 0.5) is 0 Å². The molecule has 2 nitrogen and oxygen atoms in total. The predicted molar refractivity (Wildman–Crippen MR) is 69.3 cm³/mol. The first kappa shape index (κ1) is 12.2. The van der Waals surface area contributed by atoms with Crippen molar-refractivity contribution in [3.8, 4) is 0 Å². The fourth-order valence-electron chi connectivity index (χ4n) is 1.20.